The molecule has 1 aliphatic rings. The molecule has 26 heavy (non-hydrogen) atoms. The Morgan fingerprint density at radius 1 is 1.35 bits per heavy atom. The lowest BCUT2D eigenvalue weighted by Crippen LogP contribution is -2.49. The zero-order valence-corrected chi connectivity index (χ0v) is 17.2. The lowest BCUT2D eigenvalue weighted by molar-refractivity contribution is 0.266. The molecule has 0 saturated carbocycles. The van der Waals surface area contributed by atoms with Gasteiger partial charge in [-0.15, -0.1) is 0 Å². The number of aromatic nitrogens is 2. The summed E-state index contributed by atoms with van der Waals surface area (Å²) in [5.41, 5.74) is 1.06. The van der Waals surface area contributed by atoms with Crippen LogP contribution in [0.15, 0.2) is 40.0 Å². The number of nitrogens with zero attached hydrogens (tertiary/aromatic N) is 4. The van der Waals surface area contributed by atoms with Gasteiger partial charge in [0.2, 0.25) is 10.0 Å². The lowest BCUT2D eigenvalue weighted by atomic mass is 9.92. The molecule has 8 heteroatoms. The maximum atomic E-state index is 13.2. The fraction of sp³-hybridized carbons (Fsp3) is 0.444. The first kappa shape index (κ1) is 19.1. The van der Waals surface area contributed by atoms with E-state index in [2.05, 4.69) is 27.1 Å². The van der Waals surface area contributed by atoms with E-state index in [1.165, 1.54) is 12.6 Å². The van der Waals surface area contributed by atoms with E-state index in [-0.39, 0.29) is 11.4 Å². The number of aryl methyl sites for hydroxylation is 2. The van der Waals surface area contributed by atoms with Gasteiger partial charge in [0.25, 0.3) is 0 Å². The van der Waals surface area contributed by atoms with Crippen LogP contribution in [0.2, 0.25) is 0 Å². The smallest absolute Gasteiger partial charge is 0.244 e. The zero-order chi connectivity index (χ0) is 18.9. The van der Waals surface area contributed by atoms with E-state index in [0.29, 0.717) is 0 Å². The van der Waals surface area contributed by atoms with E-state index in [9.17, 15) is 13.7 Å². The van der Waals surface area contributed by atoms with Crippen molar-refractivity contribution < 1.29 is 8.42 Å². The summed E-state index contributed by atoms with van der Waals surface area (Å²) in [6.45, 7) is 1.74. The van der Waals surface area contributed by atoms with E-state index in [1.54, 1.807) is 36.1 Å². The van der Waals surface area contributed by atoms with Gasteiger partial charge in [-0.3, -0.25) is 4.68 Å². The molecule has 0 amide bonds. The molecule has 0 radical (unpaired) electrons. The van der Waals surface area contributed by atoms with Crippen LogP contribution in [0, 0.1) is 11.3 Å². The molecular weight excluding hydrogens is 416 g/mol. The number of likely N-dealkylation sites (N-methyl/N-ethyl adjacent to an activating group) is 1. The maximum Gasteiger partial charge on any atom is 0.244 e. The number of hydrogen-bond donors (Lipinski definition) is 0. The zero-order valence-electron chi connectivity index (χ0n) is 14.8. The minimum absolute atomic E-state index is 0.135. The van der Waals surface area contributed by atoms with E-state index in [0.717, 1.165) is 40.0 Å². The highest BCUT2D eigenvalue weighted by molar-refractivity contribution is 9.10. The highest BCUT2D eigenvalue weighted by Gasteiger charge is 2.39. The van der Waals surface area contributed by atoms with Gasteiger partial charge in [-0.1, -0.05) is 6.07 Å². The standard InChI is InChI=1S/C18H21BrN4O2S/c1-18(12-20,13-23-11-16(19)10-21-23)22(2)26(24,25)17-8-7-14-5-3-4-6-15(14)9-17/h7-11H,3-6,13H2,1-2H3. The number of rotatable bonds is 5. The van der Waals surface area contributed by atoms with Gasteiger partial charge in [0.15, 0.2) is 0 Å². The van der Waals surface area contributed by atoms with Crippen LogP contribution >= 0.6 is 15.9 Å². The molecule has 1 heterocycles. The number of hydrogen-bond acceptors (Lipinski definition) is 4. The van der Waals surface area contributed by atoms with Crippen molar-refractivity contribution >= 4 is 26.0 Å². The van der Waals surface area contributed by atoms with Gasteiger partial charge in [-0.25, -0.2) is 8.42 Å². The Bertz CT molecular complexity index is 964. The van der Waals surface area contributed by atoms with E-state index >= 15 is 0 Å². The Labute approximate surface area is 162 Å². The first-order valence-corrected chi connectivity index (χ1v) is 10.7. The van der Waals surface area contributed by atoms with Crippen molar-refractivity contribution in [1.82, 2.24) is 14.1 Å². The SMILES string of the molecule is CN(C(C)(C#N)Cn1cc(Br)cn1)S(=O)(=O)c1ccc2c(c1)CCCC2. The number of fused-ring (bicyclic) bond motifs is 1. The van der Waals surface area contributed by atoms with Crippen LogP contribution in [0.4, 0.5) is 0 Å². The summed E-state index contributed by atoms with van der Waals surface area (Å²) in [5.74, 6) is 0. The predicted octanol–water partition coefficient (Wildman–Crippen LogP) is 3.13. The second-order valence-electron chi connectivity index (χ2n) is 6.85. The molecule has 1 aliphatic carbocycles. The third-order valence-electron chi connectivity index (χ3n) is 4.99. The molecule has 1 unspecified atom stereocenters. The third-order valence-corrected chi connectivity index (χ3v) is 7.37. The van der Waals surface area contributed by atoms with Gasteiger partial charge in [0.1, 0.15) is 5.54 Å². The van der Waals surface area contributed by atoms with E-state index in [1.807, 2.05) is 6.07 Å². The van der Waals surface area contributed by atoms with Crippen molar-refractivity contribution in [2.45, 2.75) is 49.6 Å². The Morgan fingerprint density at radius 3 is 2.65 bits per heavy atom. The van der Waals surface area contributed by atoms with Gasteiger partial charge in [-0.05, 0) is 71.8 Å². The Morgan fingerprint density at radius 2 is 2.04 bits per heavy atom. The van der Waals surface area contributed by atoms with Gasteiger partial charge in [0, 0.05) is 13.2 Å². The van der Waals surface area contributed by atoms with Gasteiger partial charge < -0.3 is 0 Å². The second-order valence-corrected chi connectivity index (χ2v) is 9.74. The molecule has 2 aromatic rings. The minimum Gasteiger partial charge on any atom is -0.269 e. The molecule has 1 aromatic heterocycles. The van der Waals surface area contributed by atoms with Crippen LogP contribution in [-0.4, -0.2) is 35.1 Å². The van der Waals surface area contributed by atoms with Crippen molar-refractivity contribution in [3.05, 3.63) is 46.2 Å². The highest BCUT2D eigenvalue weighted by Crippen LogP contribution is 2.28. The van der Waals surface area contributed by atoms with Gasteiger partial charge >= 0.3 is 0 Å². The van der Waals surface area contributed by atoms with E-state index in [4.69, 9.17) is 0 Å². The maximum absolute atomic E-state index is 13.2. The normalized spacial score (nSPS) is 16.7. The van der Waals surface area contributed by atoms with Gasteiger partial charge in [0.05, 0.1) is 28.2 Å². The molecular formula is C18H21BrN4O2S. The van der Waals surface area contributed by atoms with Crippen molar-refractivity contribution in [2.24, 2.45) is 0 Å². The van der Waals surface area contributed by atoms with E-state index < -0.39 is 15.6 Å². The summed E-state index contributed by atoms with van der Waals surface area (Å²) in [4.78, 5) is 0.240. The summed E-state index contributed by atoms with van der Waals surface area (Å²) >= 11 is 3.31. The molecule has 0 N–H and O–H groups in total. The Hall–Kier alpha value is -1.69. The summed E-state index contributed by atoms with van der Waals surface area (Å²) in [6, 6.07) is 7.47. The molecule has 0 fully saturated rings. The minimum atomic E-state index is -3.80. The lowest BCUT2D eigenvalue weighted by Gasteiger charge is -2.32. The topological polar surface area (TPSA) is 79.0 Å². The predicted molar refractivity (Wildman–Crippen MR) is 102 cm³/mol. The quantitative estimate of drug-likeness (QED) is 0.720. The first-order chi connectivity index (χ1) is 12.3. The molecule has 0 spiro atoms. The van der Waals surface area contributed by atoms with Crippen LogP contribution in [0.3, 0.4) is 0 Å². The van der Waals surface area contributed by atoms with Crippen molar-refractivity contribution in [1.29, 1.82) is 5.26 Å². The van der Waals surface area contributed by atoms with Crippen LogP contribution in [0.1, 0.15) is 30.9 Å². The molecule has 0 saturated heterocycles. The Balaban J connectivity index is 1.93. The fourth-order valence-corrected chi connectivity index (χ4v) is 5.04. The fourth-order valence-electron chi connectivity index (χ4n) is 3.24. The summed E-state index contributed by atoms with van der Waals surface area (Å²) in [7, 11) is -2.34. The first-order valence-electron chi connectivity index (χ1n) is 8.46. The summed E-state index contributed by atoms with van der Waals surface area (Å²) in [5, 5.41) is 13.9. The van der Waals surface area contributed by atoms with Crippen molar-refractivity contribution in [3.8, 4) is 6.07 Å². The van der Waals surface area contributed by atoms with Crippen molar-refractivity contribution in [2.75, 3.05) is 7.05 Å². The van der Waals surface area contributed by atoms with Crippen molar-refractivity contribution in [3.63, 3.8) is 0 Å². The molecule has 138 valence electrons. The molecule has 1 aromatic carbocycles. The molecule has 1 atom stereocenters. The van der Waals surface area contributed by atoms with Crippen LogP contribution in [-0.2, 0) is 29.4 Å². The number of nitriles is 1. The number of benzene rings is 1. The second kappa shape index (κ2) is 7.14. The molecule has 0 bridgehead atoms. The number of halogens is 1. The van der Waals surface area contributed by atoms with Crippen LogP contribution in [0.5, 0.6) is 0 Å². The monoisotopic (exact) mass is 436 g/mol. The van der Waals surface area contributed by atoms with Crippen LogP contribution < -0.4 is 0 Å². The van der Waals surface area contributed by atoms with Gasteiger partial charge in [-0.2, -0.15) is 14.7 Å². The summed E-state index contributed by atoms with van der Waals surface area (Å²) in [6.07, 6.45) is 7.45. The molecule has 3 rings (SSSR count). The largest absolute Gasteiger partial charge is 0.269 e. The molecule has 6 nitrogen and oxygen atoms in total. The molecule has 0 aliphatic heterocycles. The highest BCUT2D eigenvalue weighted by atomic mass is 79.9. The third kappa shape index (κ3) is 3.56. The Kier molecular flexibility index (Phi) is 5.24. The number of sulfonamides is 1. The average molecular weight is 437 g/mol. The average Bonchev–Trinajstić information content (AvgIpc) is 3.04. The van der Waals surface area contributed by atoms with Crippen LogP contribution in [0.25, 0.3) is 0 Å². The summed E-state index contributed by atoms with van der Waals surface area (Å²) < 4.78 is 29.8.